The summed E-state index contributed by atoms with van der Waals surface area (Å²) in [6.45, 7) is 2.92. The van der Waals surface area contributed by atoms with E-state index in [-0.39, 0.29) is 11.3 Å². The molecule has 2 atom stereocenters. The highest BCUT2D eigenvalue weighted by atomic mass is 32.2. The van der Waals surface area contributed by atoms with Gasteiger partial charge in [0.05, 0.1) is 18.8 Å². The first-order valence-corrected chi connectivity index (χ1v) is 11.6. The molecule has 0 aliphatic carbocycles. The molecule has 160 valence electrons. The molecule has 0 saturated carbocycles. The molecular weight excluding hydrogens is 404 g/mol. The monoisotopic (exact) mass is 433 g/mol. The van der Waals surface area contributed by atoms with Crippen LogP contribution in [0.1, 0.15) is 47.7 Å². The lowest BCUT2D eigenvalue weighted by atomic mass is 10.0. The number of benzene rings is 2. The second-order valence-corrected chi connectivity index (χ2v) is 8.56. The van der Waals surface area contributed by atoms with Crippen molar-refractivity contribution in [1.82, 2.24) is 9.55 Å². The zero-order valence-corrected chi connectivity index (χ0v) is 18.2. The number of hydrogen-bond acceptors (Lipinski definition) is 1. The molecular formula is C23H29F2N3OS+2. The maximum atomic E-state index is 14.6. The zero-order valence-electron chi connectivity index (χ0n) is 17.3. The van der Waals surface area contributed by atoms with E-state index < -0.39 is 17.7 Å². The van der Waals surface area contributed by atoms with E-state index in [1.54, 1.807) is 6.92 Å². The van der Waals surface area contributed by atoms with Crippen molar-refractivity contribution in [1.29, 1.82) is 0 Å². The third-order valence-electron chi connectivity index (χ3n) is 5.46. The Hall–Kier alpha value is -2.38. The van der Waals surface area contributed by atoms with Gasteiger partial charge in [-0.05, 0) is 30.8 Å². The van der Waals surface area contributed by atoms with E-state index in [2.05, 4.69) is 35.5 Å². The molecule has 0 aliphatic rings. The highest BCUT2D eigenvalue weighted by molar-refractivity contribution is 7.78. The number of nitrogens with two attached hydrogens (primary N) is 1. The second kappa shape index (κ2) is 10.6. The number of nitrogens with one attached hydrogen (secondary N) is 1. The lowest BCUT2D eigenvalue weighted by Gasteiger charge is -2.15. The summed E-state index contributed by atoms with van der Waals surface area (Å²) in [5, 5.41) is 2.53. The number of rotatable bonds is 10. The third kappa shape index (κ3) is 5.40. The number of aromatic nitrogens is 2. The molecule has 7 heteroatoms. The van der Waals surface area contributed by atoms with Gasteiger partial charge in [0.25, 0.3) is 0 Å². The van der Waals surface area contributed by atoms with E-state index in [1.165, 1.54) is 46.4 Å². The molecule has 0 fully saturated rings. The summed E-state index contributed by atoms with van der Waals surface area (Å²) in [5.41, 5.74) is 1.52. The number of nitrogens with zero attached hydrogens (tertiary/aromatic N) is 1. The maximum absolute atomic E-state index is 14.6. The van der Waals surface area contributed by atoms with Crippen LogP contribution in [-0.4, -0.2) is 22.4 Å². The van der Waals surface area contributed by atoms with Gasteiger partial charge in [-0.1, -0.05) is 30.3 Å². The van der Waals surface area contributed by atoms with Gasteiger partial charge in [-0.2, -0.15) is 0 Å². The number of quaternary nitrogens is 1. The van der Waals surface area contributed by atoms with Crippen LogP contribution in [-0.2, 0) is 18.3 Å². The Morgan fingerprint density at radius 3 is 2.60 bits per heavy atom. The molecule has 1 unspecified atom stereocenters. The fraction of sp³-hybridized carbons (Fsp3) is 0.348. The van der Waals surface area contributed by atoms with E-state index in [4.69, 9.17) is 0 Å². The fourth-order valence-corrected chi connectivity index (χ4v) is 4.61. The van der Waals surface area contributed by atoms with Crippen LogP contribution in [0.25, 0.3) is 0 Å². The van der Waals surface area contributed by atoms with Crippen molar-refractivity contribution in [3.8, 4) is 0 Å². The van der Waals surface area contributed by atoms with E-state index in [0.717, 1.165) is 19.4 Å². The SMILES string of the molecule is C[SH+][C@H](CCC[NH2+]Cc1cc(F)c(C(C)n2cc[nH]c2=O)cc1F)c1ccccc1. The predicted molar refractivity (Wildman–Crippen MR) is 119 cm³/mol. The Morgan fingerprint density at radius 1 is 1.17 bits per heavy atom. The van der Waals surface area contributed by atoms with E-state index in [1.807, 2.05) is 11.4 Å². The molecule has 4 nitrogen and oxygen atoms in total. The number of hydrogen-bond donors (Lipinski definition) is 2. The summed E-state index contributed by atoms with van der Waals surface area (Å²) in [6, 6.07) is 12.4. The highest BCUT2D eigenvalue weighted by Gasteiger charge is 2.19. The Labute approximate surface area is 179 Å². The summed E-state index contributed by atoms with van der Waals surface area (Å²) in [6.07, 6.45) is 7.26. The molecule has 1 heterocycles. The lowest BCUT2D eigenvalue weighted by molar-refractivity contribution is -0.671. The van der Waals surface area contributed by atoms with Gasteiger partial charge in [0.2, 0.25) is 0 Å². The number of aromatic amines is 1. The molecule has 3 aromatic rings. The molecule has 0 radical (unpaired) electrons. The molecule has 30 heavy (non-hydrogen) atoms. The average Bonchev–Trinajstić information content (AvgIpc) is 3.18. The lowest BCUT2D eigenvalue weighted by Crippen LogP contribution is -2.82. The summed E-state index contributed by atoms with van der Waals surface area (Å²) in [5.74, 6) is -0.929. The first-order chi connectivity index (χ1) is 14.5. The van der Waals surface area contributed by atoms with Gasteiger partial charge in [0.1, 0.15) is 23.4 Å². The van der Waals surface area contributed by atoms with Gasteiger partial charge in [-0.15, -0.1) is 0 Å². The first kappa shape index (κ1) is 22.3. The molecule has 3 N–H and O–H groups in total. The van der Waals surface area contributed by atoms with E-state index >= 15 is 0 Å². The van der Waals surface area contributed by atoms with Crippen LogP contribution in [0.5, 0.6) is 0 Å². The van der Waals surface area contributed by atoms with Gasteiger partial charge < -0.3 is 10.3 Å². The van der Waals surface area contributed by atoms with Crippen LogP contribution in [0.15, 0.2) is 59.7 Å². The summed E-state index contributed by atoms with van der Waals surface area (Å²) in [7, 11) is 0. The molecule has 0 bridgehead atoms. The van der Waals surface area contributed by atoms with Crippen molar-refractivity contribution >= 4 is 11.8 Å². The molecule has 3 rings (SSSR count). The van der Waals surface area contributed by atoms with Crippen LogP contribution in [0.2, 0.25) is 0 Å². The first-order valence-electron chi connectivity index (χ1n) is 10.2. The number of halogens is 2. The quantitative estimate of drug-likeness (QED) is 0.288. The number of imidazole rings is 1. The van der Waals surface area contributed by atoms with Crippen LogP contribution in [0, 0.1) is 11.6 Å². The van der Waals surface area contributed by atoms with Crippen LogP contribution < -0.4 is 11.0 Å². The molecule has 0 spiro atoms. The third-order valence-corrected chi connectivity index (χ3v) is 6.64. The van der Waals surface area contributed by atoms with Crippen molar-refractivity contribution in [2.45, 2.75) is 37.6 Å². The minimum atomic E-state index is -0.584. The molecule has 1 aromatic heterocycles. The van der Waals surface area contributed by atoms with E-state index in [0.29, 0.717) is 17.4 Å². The van der Waals surface area contributed by atoms with Gasteiger partial charge in [-0.3, -0.25) is 4.57 Å². The predicted octanol–water partition coefficient (Wildman–Crippen LogP) is 3.09. The summed E-state index contributed by atoms with van der Waals surface area (Å²) >= 11 is 1.34. The van der Waals surface area contributed by atoms with Crippen molar-refractivity contribution in [3.05, 3.63) is 93.7 Å². The summed E-state index contributed by atoms with van der Waals surface area (Å²) in [4.78, 5) is 14.3. The number of thiol groups is 1. The van der Waals surface area contributed by atoms with Gasteiger partial charge in [0, 0.05) is 41.9 Å². The molecule has 0 amide bonds. The van der Waals surface area contributed by atoms with Crippen LogP contribution in [0.3, 0.4) is 0 Å². The Kier molecular flexibility index (Phi) is 7.87. The van der Waals surface area contributed by atoms with Crippen molar-refractivity contribution in [2.75, 3.05) is 12.8 Å². The minimum Gasteiger partial charge on any atom is -0.342 e. The van der Waals surface area contributed by atoms with Crippen molar-refractivity contribution in [3.63, 3.8) is 0 Å². The maximum Gasteiger partial charge on any atom is 0.326 e. The second-order valence-electron chi connectivity index (χ2n) is 7.42. The van der Waals surface area contributed by atoms with E-state index in [9.17, 15) is 13.6 Å². The number of H-pyrrole nitrogens is 1. The molecule has 0 aliphatic heterocycles. The highest BCUT2D eigenvalue weighted by Crippen LogP contribution is 2.23. The Bertz CT molecular complexity index is 1000. The Balaban J connectivity index is 1.54. The standard InChI is InChI=1S/C23H27F2N3OS/c1-16(28-12-11-27-23(28)29)19-14-20(24)18(13-21(19)25)15-26-10-6-9-22(30-2)17-7-4-3-5-8-17/h3-5,7-8,11-14,16,22,26H,6,9-10,15H2,1-2H3,(H,27,29)/p+2/t16?,22-/m1/s1. The van der Waals surface area contributed by atoms with Crippen LogP contribution >= 0.6 is 0 Å². The average molecular weight is 434 g/mol. The molecule has 0 saturated heterocycles. The van der Waals surface area contributed by atoms with Gasteiger partial charge in [0.15, 0.2) is 0 Å². The Morgan fingerprint density at radius 2 is 1.93 bits per heavy atom. The van der Waals surface area contributed by atoms with Crippen LogP contribution in [0.4, 0.5) is 8.78 Å². The minimum absolute atomic E-state index is 0.172. The van der Waals surface area contributed by atoms with Crippen molar-refractivity contribution in [2.24, 2.45) is 0 Å². The zero-order chi connectivity index (χ0) is 21.5. The fourth-order valence-electron chi connectivity index (χ4n) is 3.70. The molecule has 2 aromatic carbocycles. The normalized spacial score (nSPS) is 13.3. The topological polar surface area (TPSA) is 54.4 Å². The summed E-state index contributed by atoms with van der Waals surface area (Å²) < 4.78 is 30.5. The van der Waals surface area contributed by atoms with Crippen molar-refractivity contribution < 1.29 is 14.1 Å². The van der Waals surface area contributed by atoms with Gasteiger partial charge in [-0.25, -0.2) is 13.6 Å². The largest absolute Gasteiger partial charge is 0.342 e. The smallest absolute Gasteiger partial charge is 0.326 e. The van der Waals surface area contributed by atoms with Gasteiger partial charge >= 0.3 is 5.69 Å².